The molecule has 1 saturated heterocycles. The number of alkyl halides is 6. The summed E-state index contributed by atoms with van der Waals surface area (Å²) in [4.78, 5) is 1.63. The molecule has 1 aliphatic rings. The van der Waals surface area contributed by atoms with E-state index >= 15 is 0 Å². The molecule has 1 heterocycles. The minimum Gasteiger partial charge on any atom is -0.397 e. The summed E-state index contributed by atoms with van der Waals surface area (Å²) in [6.45, 7) is -1.03. The average Bonchev–Trinajstić information content (AvgIpc) is 2.44. The van der Waals surface area contributed by atoms with Crippen LogP contribution in [0, 0.1) is 5.92 Å². The average molecular weight is 376 g/mol. The Morgan fingerprint density at radius 1 is 1.12 bits per heavy atom. The van der Waals surface area contributed by atoms with Crippen molar-refractivity contribution in [2.45, 2.75) is 25.2 Å². The molecule has 3 nitrogen and oxygen atoms in total. The zero-order chi connectivity index (χ0) is 18.1. The molecule has 0 saturated carbocycles. The summed E-state index contributed by atoms with van der Waals surface area (Å²) in [5, 5.41) is 2.37. The second-order valence-electron chi connectivity index (χ2n) is 5.66. The number of nitrogen functional groups attached to an aromatic ring is 1. The fourth-order valence-electron chi connectivity index (χ4n) is 2.62. The highest BCUT2D eigenvalue weighted by Crippen LogP contribution is 2.39. The van der Waals surface area contributed by atoms with Crippen LogP contribution >= 0.6 is 11.6 Å². The fourth-order valence-corrected chi connectivity index (χ4v) is 2.91. The molecule has 0 spiro atoms. The molecule has 0 aromatic heterocycles. The van der Waals surface area contributed by atoms with E-state index in [1.807, 2.05) is 0 Å². The van der Waals surface area contributed by atoms with Crippen LogP contribution in [-0.2, 0) is 0 Å². The Hall–Kier alpha value is -1.51. The molecule has 0 unspecified atom stereocenters. The fraction of sp³-hybridized carbons (Fsp3) is 0.571. The van der Waals surface area contributed by atoms with Crippen molar-refractivity contribution in [3.8, 4) is 0 Å². The maximum absolute atomic E-state index is 12.7. The Bertz CT molecular complexity index is 579. The Kier molecular flexibility index (Phi) is 5.31. The van der Waals surface area contributed by atoms with Gasteiger partial charge in [0.1, 0.15) is 6.54 Å². The van der Waals surface area contributed by atoms with E-state index in [2.05, 4.69) is 5.32 Å². The van der Waals surface area contributed by atoms with Gasteiger partial charge in [0.25, 0.3) is 0 Å². The number of nitrogens with zero attached hydrogens (tertiary/aromatic N) is 1. The van der Waals surface area contributed by atoms with E-state index in [1.165, 1.54) is 12.1 Å². The van der Waals surface area contributed by atoms with Crippen molar-refractivity contribution in [1.29, 1.82) is 0 Å². The molecule has 0 aliphatic carbocycles. The lowest BCUT2D eigenvalue weighted by Crippen LogP contribution is -2.39. The molecule has 1 aromatic carbocycles. The van der Waals surface area contributed by atoms with Crippen LogP contribution in [0.25, 0.3) is 0 Å². The Morgan fingerprint density at radius 2 is 1.71 bits per heavy atom. The van der Waals surface area contributed by atoms with Crippen LogP contribution in [-0.4, -0.2) is 32.0 Å². The maximum Gasteiger partial charge on any atom is 0.405 e. The number of nitrogens with one attached hydrogen (secondary N) is 1. The highest BCUT2D eigenvalue weighted by molar-refractivity contribution is 6.33. The van der Waals surface area contributed by atoms with E-state index in [0.717, 1.165) is 0 Å². The molecule has 136 valence electrons. The van der Waals surface area contributed by atoms with Gasteiger partial charge in [-0.15, -0.1) is 0 Å². The lowest BCUT2D eigenvalue weighted by molar-refractivity contribution is -0.179. The Labute approximate surface area is 139 Å². The van der Waals surface area contributed by atoms with Crippen LogP contribution in [0.15, 0.2) is 12.1 Å². The third-order valence-electron chi connectivity index (χ3n) is 3.90. The number of rotatable bonds is 3. The molecule has 1 aromatic rings. The van der Waals surface area contributed by atoms with Crippen molar-refractivity contribution < 1.29 is 26.3 Å². The predicted octanol–water partition coefficient (Wildman–Crippen LogP) is 4.68. The topological polar surface area (TPSA) is 41.3 Å². The van der Waals surface area contributed by atoms with Crippen molar-refractivity contribution in [3.05, 3.63) is 17.2 Å². The molecular weight excluding hydrogens is 360 g/mol. The Morgan fingerprint density at radius 3 is 2.21 bits per heavy atom. The van der Waals surface area contributed by atoms with Gasteiger partial charge in [-0.1, -0.05) is 11.6 Å². The van der Waals surface area contributed by atoms with E-state index in [0.29, 0.717) is 5.69 Å². The molecule has 10 heteroatoms. The molecule has 0 bridgehead atoms. The zero-order valence-electron chi connectivity index (χ0n) is 12.4. The summed E-state index contributed by atoms with van der Waals surface area (Å²) in [7, 11) is 0. The monoisotopic (exact) mass is 375 g/mol. The number of benzene rings is 1. The first-order valence-electron chi connectivity index (χ1n) is 7.18. The largest absolute Gasteiger partial charge is 0.405 e. The minimum absolute atomic E-state index is 0.0400. The van der Waals surface area contributed by atoms with Gasteiger partial charge in [0.2, 0.25) is 0 Å². The van der Waals surface area contributed by atoms with Crippen molar-refractivity contribution in [2.24, 2.45) is 5.92 Å². The number of hydrogen-bond acceptors (Lipinski definition) is 3. The smallest absolute Gasteiger partial charge is 0.397 e. The van der Waals surface area contributed by atoms with Gasteiger partial charge in [0.15, 0.2) is 0 Å². The summed E-state index contributed by atoms with van der Waals surface area (Å²) < 4.78 is 75.1. The summed E-state index contributed by atoms with van der Waals surface area (Å²) in [6.07, 6.45) is -8.83. The van der Waals surface area contributed by atoms with Crippen LogP contribution in [0.1, 0.15) is 12.8 Å². The summed E-state index contributed by atoms with van der Waals surface area (Å²) in [5.41, 5.74) is 6.10. The number of hydrogen-bond donors (Lipinski definition) is 2. The minimum atomic E-state index is -4.42. The van der Waals surface area contributed by atoms with Gasteiger partial charge in [-0.25, -0.2) is 0 Å². The van der Waals surface area contributed by atoms with Gasteiger partial charge in [-0.05, 0) is 25.0 Å². The maximum atomic E-state index is 12.7. The number of piperidine rings is 1. The molecular formula is C14H16ClF6N3. The molecule has 0 amide bonds. The molecule has 24 heavy (non-hydrogen) atoms. The van der Waals surface area contributed by atoms with Crippen LogP contribution in [0.4, 0.5) is 43.4 Å². The summed E-state index contributed by atoms with van der Waals surface area (Å²) >= 11 is 6.06. The molecule has 0 atom stereocenters. The van der Waals surface area contributed by atoms with E-state index in [-0.39, 0.29) is 42.3 Å². The van der Waals surface area contributed by atoms with E-state index in [9.17, 15) is 26.3 Å². The second-order valence-corrected chi connectivity index (χ2v) is 6.07. The molecule has 1 fully saturated rings. The van der Waals surface area contributed by atoms with Crippen LogP contribution in [0.3, 0.4) is 0 Å². The third kappa shape index (κ3) is 4.75. The predicted molar refractivity (Wildman–Crippen MR) is 81.4 cm³/mol. The zero-order valence-corrected chi connectivity index (χ0v) is 13.2. The summed E-state index contributed by atoms with van der Waals surface area (Å²) in [6, 6.07) is 2.64. The van der Waals surface area contributed by atoms with E-state index in [4.69, 9.17) is 17.3 Å². The van der Waals surface area contributed by atoms with Crippen molar-refractivity contribution in [2.75, 3.05) is 35.6 Å². The molecule has 3 N–H and O–H groups in total. The first kappa shape index (κ1) is 18.8. The van der Waals surface area contributed by atoms with Crippen molar-refractivity contribution >= 4 is 28.7 Å². The standard InChI is InChI=1S/C14H16ClF6N3/c15-9-5-10(22)11(23-7-13(16,17)18)6-12(9)24-3-1-8(2-4-24)14(19,20)21/h5-6,8,23H,1-4,7,22H2. The van der Waals surface area contributed by atoms with E-state index in [1.54, 1.807) is 4.90 Å². The SMILES string of the molecule is Nc1cc(Cl)c(N2CCC(C(F)(F)F)CC2)cc1NCC(F)(F)F. The molecule has 2 rings (SSSR count). The van der Waals surface area contributed by atoms with Gasteiger partial charge < -0.3 is 16.0 Å². The quantitative estimate of drug-likeness (QED) is 0.595. The number of nitrogens with two attached hydrogens (primary N) is 1. The summed E-state index contributed by atoms with van der Waals surface area (Å²) in [5.74, 6) is -1.37. The van der Waals surface area contributed by atoms with Crippen molar-refractivity contribution in [3.63, 3.8) is 0 Å². The number of halogens is 7. The van der Waals surface area contributed by atoms with Crippen molar-refractivity contribution in [1.82, 2.24) is 0 Å². The molecule has 0 radical (unpaired) electrons. The lowest BCUT2D eigenvalue weighted by Gasteiger charge is -2.35. The van der Waals surface area contributed by atoms with Crippen LogP contribution in [0.2, 0.25) is 5.02 Å². The first-order chi connectivity index (χ1) is 11.0. The highest BCUT2D eigenvalue weighted by atomic mass is 35.5. The lowest BCUT2D eigenvalue weighted by atomic mass is 9.96. The van der Waals surface area contributed by atoms with Gasteiger partial charge in [-0.2, -0.15) is 26.3 Å². The van der Waals surface area contributed by atoms with Crippen LogP contribution in [0.5, 0.6) is 0 Å². The van der Waals surface area contributed by atoms with Gasteiger partial charge >= 0.3 is 12.4 Å². The van der Waals surface area contributed by atoms with Gasteiger partial charge in [0, 0.05) is 13.1 Å². The molecule has 1 aliphatic heterocycles. The normalized spacial score (nSPS) is 17.2. The first-order valence-corrected chi connectivity index (χ1v) is 7.56. The van der Waals surface area contributed by atoms with E-state index < -0.39 is 24.8 Å². The highest BCUT2D eigenvalue weighted by Gasteiger charge is 2.41. The third-order valence-corrected chi connectivity index (χ3v) is 4.20. The Balaban J connectivity index is 2.13. The van der Waals surface area contributed by atoms with Gasteiger partial charge in [0.05, 0.1) is 28.0 Å². The number of anilines is 3. The van der Waals surface area contributed by atoms with Gasteiger partial charge in [-0.3, -0.25) is 0 Å². The van der Waals surface area contributed by atoms with Crippen LogP contribution < -0.4 is 16.0 Å². The second kappa shape index (κ2) is 6.78.